The van der Waals surface area contributed by atoms with Crippen LogP contribution in [0.4, 0.5) is 4.39 Å². The van der Waals surface area contributed by atoms with E-state index in [1.165, 1.54) is 12.1 Å². The maximum atomic E-state index is 13.6. The molecule has 1 atom stereocenters. The number of carbonyl (C=O) groups is 2. The Morgan fingerprint density at radius 3 is 2.54 bits per heavy atom. The number of imidazole rings is 1. The van der Waals surface area contributed by atoms with Gasteiger partial charge in [0, 0.05) is 19.0 Å². The Morgan fingerprint density at radius 1 is 1.05 bits per heavy atom. The fraction of sp³-hybridized carbons (Fsp3) is 0.483. The number of nitrogens with one attached hydrogen (secondary N) is 3. The van der Waals surface area contributed by atoms with E-state index in [0.29, 0.717) is 6.42 Å². The Morgan fingerprint density at radius 2 is 1.78 bits per heavy atom. The number of rotatable bonds is 10. The van der Waals surface area contributed by atoms with Crippen LogP contribution in [0.15, 0.2) is 42.6 Å². The van der Waals surface area contributed by atoms with Crippen molar-refractivity contribution < 1.29 is 14.0 Å². The average Bonchev–Trinajstić information content (AvgIpc) is 3.43. The van der Waals surface area contributed by atoms with Crippen molar-refractivity contribution in [2.45, 2.75) is 57.4 Å². The van der Waals surface area contributed by atoms with Gasteiger partial charge in [0.15, 0.2) is 0 Å². The lowest BCUT2D eigenvalue weighted by molar-refractivity contribution is -0.139. The summed E-state index contributed by atoms with van der Waals surface area (Å²) < 4.78 is 13.6. The third-order valence-corrected chi connectivity index (χ3v) is 8.22. The number of hydrogen-bond donors (Lipinski definition) is 3. The Kier molecular flexibility index (Phi) is 7.55. The van der Waals surface area contributed by atoms with Crippen molar-refractivity contribution in [2.75, 3.05) is 26.7 Å². The molecule has 3 aromatic rings. The van der Waals surface area contributed by atoms with Crippen LogP contribution in [0.2, 0.25) is 0 Å². The molecule has 8 heteroatoms. The zero-order chi connectivity index (χ0) is 25.8. The number of hydrogen-bond acceptors (Lipinski definition) is 4. The van der Waals surface area contributed by atoms with E-state index in [2.05, 4.69) is 25.5 Å². The van der Waals surface area contributed by atoms with Crippen molar-refractivity contribution in [1.29, 1.82) is 0 Å². The van der Waals surface area contributed by atoms with E-state index in [1.54, 1.807) is 13.1 Å². The number of aromatic nitrogens is 2. The van der Waals surface area contributed by atoms with Crippen molar-refractivity contribution in [3.05, 3.63) is 54.2 Å². The molecule has 3 aliphatic rings. The van der Waals surface area contributed by atoms with E-state index < -0.39 is 0 Å². The highest BCUT2D eigenvalue weighted by Gasteiger charge is 2.45. The fourth-order valence-electron chi connectivity index (χ4n) is 5.74. The van der Waals surface area contributed by atoms with E-state index in [4.69, 9.17) is 0 Å². The molecular weight excluding hydrogens is 469 g/mol. The van der Waals surface area contributed by atoms with E-state index in [0.717, 1.165) is 92.4 Å². The normalized spacial score (nSPS) is 21.6. The molecule has 2 aromatic carbocycles. The molecule has 0 saturated carbocycles. The number of unbranched alkanes of at least 4 members (excludes halogenated alkanes) is 2. The van der Waals surface area contributed by atoms with Gasteiger partial charge in [-0.05, 0) is 80.7 Å². The molecule has 3 aliphatic heterocycles. The standard InChI is InChI=1S/C29H36FN5O2/c1-31-26(36)6-4-2-3-5-24(34-28(37)29-11-14-35(15-12-29)16-13-29)27-32-19-25(33-27)22-8-7-21-18-23(30)10-9-20(21)17-22/h7-10,17-19,24H,2-6,11-16H2,1H3,(H,31,36)(H,32,33)(H,34,37). The molecule has 0 spiro atoms. The SMILES string of the molecule is CNC(=O)CCCCCC(NC(=O)C12CCN(CC1)CC2)c1ncc(-c2ccc3cc(F)ccc3c2)[nH]1. The van der Waals surface area contributed by atoms with Gasteiger partial charge in [-0.25, -0.2) is 9.37 Å². The molecule has 37 heavy (non-hydrogen) atoms. The minimum atomic E-state index is -0.269. The maximum absolute atomic E-state index is 13.6. The zero-order valence-electron chi connectivity index (χ0n) is 21.5. The van der Waals surface area contributed by atoms with Gasteiger partial charge in [0.2, 0.25) is 11.8 Å². The molecule has 1 aromatic heterocycles. The minimum absolute atomic E-state index is 0.0568. The number of halogens is 1. The lowest BCUT2D eigenvalue weighted by Gasteiger charge is -2.47. The van der Waals surface area contributed by atoms with Gasteiger partial charge in [-0.15, -0.1) is 0 Å². The average molecular weight is 506 g/mol. The molecule has 4 heterocycles. The number of aromatic amines is 1. The molecule has 7 nitrogen and oxygen atoms in total. The number of fused-ring (bicyclic) bond motifs is 4. The Labute approximate surface area is 217 Å². The van der Waals surface area contributed by atoms with Gasteiger partial charge in [-0.2, -0.15) is 0 Å². The van der Waals surface area contributed by atoms with Crippen molar-refractivity contribution in [3.63, 3.8) is 0 Å². The van der Waals surface area contributed by atoms with E-state index in [-0.39, 0.29) is 29.1 Å². The molecule has 0 aliphatic carbocycles. The molecule has 3 N–H and O–H groups in total. The highest BCUT2D eigenvalue weighted by atomic mass is 19.1. The lowest BCUT2D eigenvalue weighted by Crippen LogP contribution is -2.55. The van der Waals surface area contributed by atoms with E-state index in [1.807, 2.05) is 24.4 Å². The van der Waals surface area contributed by atoms with Crippen LogP contribution in [-0.4, -0.2) is 53.4 Å². The number of nitrogens with zero attached hydrogens (tertiary/aromatic N) is 2. The molecule has 196 valence electrons. The molecular formula is C29H36FN5O2. The minimum Gasteiger partial charge on any atom is -0.359 e. The summed E-state index contributed by atoms with van der Waals surface area (Å²) in [7, 11) is 1.66. The molecule has 6 rings (SSSR count). The van der Waals surface area contributed by atoms with Crippen molar-refractivity contribution >= 4 is 22.6 Å². The number of H-pyrrole nitrogens is 1. The van der Waals surface area contributed by atoms with Gasteiger partial charge in [0.25, 0.3) is 0 Å². The van der Waals surface area contributed by atoms with Crippen molar-refractivity contribution in [3.8, 4) is 11.3 Å². The second-order valence-corrected chi connectivity index (χ2v) is 10.6. The second kappa shape index (κ2) is 11.0. The molecule has 2 bridgehead atoms. The van der Waals surface area contributed by atoms with E-state index in [9.17, 15) is 14.0 Å². The predicted octanol–water partition coefficient (Wildman–Crippen LogP) is 4.71. The van der Waals surface area contributed by atoms with Crippen LogP contribution in [0.25, 0.3) is 22.0 Å². The van der Waals surface area contributed by atoms with Crippen LogP contribution in [0.3, 0.4) is 0 Å². The second-order valence-electron chi connectivity index (χ2n) is 10.6. The monoisotopic (exact) mass is 505 g/mol. The Bertz CT molecular complexity index is 1250. The Balaban J connectivity index is 1.32. The summed E-state index contributed by atoms with van der Waals surface area (Å²) in [4.78, 5) is 35.7. The van der Waals surface area contributed by atoms with Crippen molar-refractivity contribution in [1.82, 2.24) is 25.5 Å². The van der Waals surface area contributed by atoms with Gasteiger partial charge in [-0.3, -0.25) is 9.59 Å². The summed E-state index contributed by atoms with van der Waals surface area (Å²) in [6.07, 6.45) is 8.45. The summed E-state index contributed by atoms with van der Waals surface area (Å²) in [6.45, 7) is 2.98. The summed E-state index contributed by atoms with van der Waals surface area (Å²) in [5.41, 5.74) is 1.56. The van der Waals surface area contributed by atoms with Crippen LogP contribution >= 0.6 is 0 Å². The number of amides is 2. The molecule has 1 unspecified atom stereocenters. The van der Waals surface area contributed by atoms with Crippen LogP contribution in [0, 0.1) is 11.2 Å². The highest BCUT2D eigenvalue weighted by molar-refractivity contribution is 5.87. The summed E-state index contributed by atoms with van der Waals surface area (Å²) >= 11 is 0. The van der Waals surface area contributed by atoms with Crippen LogP contribution in [-0.2, 0) is 9.59 Å². The van der Waals surface area contributed by atoms with Gasteiger partial charge in [0.05, 0.1) is 23.3 Å². The molecule has 0 radical (unpaired) electrons. The zero-order valence-corrected chi connectivity index (χ0v) is 21.5. The first-order valence-corrected chi connectivity index (χ1v) is 13.4. The van der Waals surface area contributed by atoms with Crippen LogP contribution in [0.5, 0.6) is 0 Å². The lowest BCUT2D eigenvalue weighted by atomic mass is 9.71. The van der Waals surface area contributed by atoms with Crippen molar-refractivity contribution in [2.24, 2.45) is 5.41 Å². The first kappa shape index (κ1) is 25.4. The Hall–Kier alpha value is -3.26. The topological polar surface area (TPSA) is 90.1 Å². The van der Waals surface area contributed by atoms with Gasteiger partial charge in [-0.1, -0.05) is 31.0 Å². The number of benzene rings is 2. The van der Waals surface area contributed by atoms with Crippen LogP contribution in [0.1, 0.15) is 63.2 Å². The number of piperidine rings is 3. The fourth-order valence-corrected chi connectivity index (χ4v) is 5.74. The third kappa shape index (κ3) is 5.69. The van der Waals surface area contributed by atoms with Gasteiger partial charge in [0.1, 0.15) is 11.6 Å². The first-order valence-electron chi connectivity index (χ1n) is 13.4. The highest BCUT2D eigenvalue weighted by Crippen LogP contribution is 2.41. The summed E-state index contributed by atoms with van der Waals surface area (Å²) in [5.74, 6) is 0.703. The van der Waals surface area contributed by atoms with Crippen LogP contribution < -0.4 is 10.6 Å². The van der Waals surface area contributed by atoms with Gasteiger partial charge >= 0.3 is 0 Å². The largest absolute Gasteiger partial charge is 0.359 e. The number of carbonyl (C=O) groups excluding carboxylic acids is 2. The molecule has 3 fully saturated rings. The first-order chi connectivity index (χ1) is 18.0. The smallest absolute Gasteiger partial charge is 0.226 e. The van der Waals surface area contributed by atoms with Gasteiger partial charge < -0.3 is 20.5 Å². The maximum Gasteiger partial charge on any atom is 0.226 e. The van der Waals surface area contributed by atoms with E-state index >= 15 is 0 Å². The molecule has 3 saturated heterocycles. The molecule has 2 amide bonds. The summed E-state index contributed by atoms with van der Waals surface area (Å²) in [5, 5.41) is 7.83. The summed E-state index contributed by atoms with van der Waals surface area (Å²) in [6, 6.07) is 10.5. The predicted molar refractivity (Wildman–Crippen MR) is 142 cm³/mol. The quantitative estimate of drug-likeness (QED) is 0.348. The third-order valence-electron chi connectivity index (χ3n) is 8.22.